The highest BCUT2D eigenvalue weighted by Gasteiger charge is 2.37. The number of nitriles is 1. The number of carbonyl (C=O) groups is 4. The smallest absolute Gasteiger partial charge is 0.338 e. The number of benzene rings is 2. The first-order valence-electron chi connectivity index (χ1n) is 9.12. The van der Waals surface area contributed by atoms with Crippen LogP contribution in [0.3, 0.4) is 0 Å². The molecule has 3 amide bonds. The molecule has 0 saturated heterocycles. The van der Waals surface area contributed by atoms with Gasteiger partial charge >= 0.3 is 5.97 Å². The fraction of sp³-hybridized carbons (Fsp3) is 0.0455. The number of esters is 1. The van der Waals surface area contributed by atoms with Gasteiger partial charge in [0.25, 0.3) is 17.7 Å². The van der Waals surface area contributed by atoms with Crippen molar-refractivity contribution in [1.29, 1.82) is 5.26 Å². The summed E-state index contributed by atoms with van der Waals surface area (Å²) in [6, 6.07) is 12.2. The average molecular weight is 449 g/mol. The molecule has 8 nitrogen and oxygen atoms in total. The van der Waals surface area contributed by atoms with E-state index < -0.39 is 36.1 Å². The molecule has 0 bridgehead atoms. The van der Waals surface area contributed by atoms with Crippen LogP contribution >= 0.6 is 11.3 Å². The largest absolute Gasteiger partial charge is 0.452 e. The van der Waals surface area contributed by atoms with Crippen LogP contribution in [0, 0.1) is 17.1 Å². The molecule has 0 atom stereocenters. The van der Waals surface area contributed by atoms with Crippen molar-refractivity contribution in [3.05, 3.63) is 82.0 Å². The van der Waals surface area contributed by atoms with E-state index in [2.05, 4.69) is 5.32 Å². The van der Waals surface area contributed by atoms with E-state index in [9.17, 15) is 23.6 Å². The van der Waals surface area contributed by atoms with Crippen molar-refractivity contribution in [2.45, 2.75) is 0 Å². The molecule has 10 heteroatoms. The van der Waals surface area contributed by atoms with Gasteiger partial charge in [0.15, 0.2) is 6.61 Å². The van der Waals surface area contributed by atoms with Crippen molar-refractivity contribution < 1.29 is 28.3 Å². The van der Waals surface area contributed by atoms with Crippen LogP contribution in [0.2, 0.25) is 0 Å². The molecule has 1 aliphatic heterocycles. The Hall–Kier alpha value is -4.36. The van der Waals surface area contributed by atoms with Crippen LogP contribution in [0.5, 0.6) is 0 Å². The summed E-state index contributed by atoms with van der Waals surface area (Å²) in [6.07, 6.45) is 0. The van der Waals surface area contributed by atoms with E-state index in [1.807, 2.05) is 6.07 Å². The molecule has 1 N–H and O–H groups in total. The fourth-order valence-corrected chi connectivity index (χ4v) is 3.82. The number of thiophene rings is 1. The fourth-order valence-electron chi connectivity index (χ4n) is 3.06. The van der Waals surface area contributed by atoms with E-state index in [1.165, 1.54) is 30.3 Å². The van der Waals surface area contributed by atoms with Crippen LogP contribution in [0.4, 0.5) is 15.1 Å². The molecule has 158 valence electrons. The summed E-state index contributed by atoms with van der Waals surface area (Å²) in [5.41, 5.74) is 0.559. The Morgan fingerprint density at radius 2 is 1.78 bits per heavy atom. The van der Waals surface area contributed by atoms with Gasteiger partial charge < -0.3 is 10.1 Å². The topological polar surface area (TPSA) is 117 Å². The average Bonchev–Trinajstić information content (AvgIpc) is 3.34. The number of imide groups is 1. The minimum Gasteiger partial charge on any atom is -0.452 e. The van der Waals surface area contributed by atoms with Crippen LogP contribution < -0.4 is 10.2 Å². The Morgan fingerprint density at radius 1 is 1.06 bits per heavy atom. The monoisotopic (exact) mass is 449 g/mol. The lowest BCUT2D eigenvalue weighted by molar-refractivity contribution is -0.119. The number of anilines is 2. The Kier molecular flexibility index (Phi) is 5.49. The van der Waals surface area contributed by atoms with Crippen molar-refractivity contribution in [2.24, 2.45) is 0 Å². The van der Waals surface area contributed by atoms with E-state index in [4.69, 9.17) is 10.00 Å². The lowest BCUT2D eigenvalue weighted by atomic mass is 10.1. The number of carbonyl (C=O) groups excluding carboxylic acids is 4. The summed E-state index contributed by atoms with van der Waals surface area (Å²) >= 11 is 1.16. The van der Waals surface area contributed by atoms with Crippen molar-refractivity contribution in [1.82, 2.24) is 0 Å². The van der Waals surface area contributed by atoms with Gasteiger partial charge in [-0.3, -0.25) is 14.4 Å². The zero-order valence-electron chi connectivity index (χ0n) is 16.1. The molecule has 0 unspecified atom stereocenters. The molecule has 0 aliphatic carbocycles. The zero-order chi connectivity index (χ0) is 22.8. The van der Waals surface area contributed by atoms with Crippen LogP contribution in [-0.2, 0) is 9.53 Å². The van der Waals surface area contributed by atoms with Gasteiger partial charge in [-0.25, -0.2) is 14.1 Å². The number of halogens is 1. The summed E-state index contributed by atoms with van der Waals surface area (Å²) in [7, 11) is 0. The quantitative estimate of drug-likeness (QED) is 0.472. The van der Waals surface area contributed by atoms with Crippen LogP contribution in [-0.4, -0.2) is 30.3 Å². The van der Waals surface area contributed by atoms with Gasteiger partial charge in [0.05, 0.1) is 27.9 Å². The molecular weight excluding hydrogens is 437 g/mol. The molecule has 2 heterocycles. The lowest BCUT2D eigenvalue weighted by Crippen LogP contribution is -2.29. The second-order valence-corrected chi connectivity index (χ2v) is 7.50. The van der Waals surface area contributed by atoms with E-state index >= 15 is 0 Å². The van der Waals surface area contributed by atoms with Gasteiger partial charge in [0, 0.05) is 0 Å². The maximum absolute atomic E-state index is 13.2. The number of amides is 3. The molecule has 0 spiro atoms. The van der Waals surface area contributed by atoms with Crippen molar-refractivity contribution in [3.63, 3.8) is 0 Å². The number of fused-ring (bicyclic) bond motifs is 1. The first-order chi connectivity index (χ1) is 15.4. The Bertz CT molecular complexity index is 1310. The highest BCUT2D eigenvalue weighted by molar-refractivity contribution is 7.14. The standard InChI is InChI=1S/C22H12FN3O5S/c23-14-2-4-15(5-3-14)26-20(28)16-6-1-12(9-17(16)21(26)29)22(30)31-11-18(27)25-19-13(10-24)7-8-32-19/h1-9H,11H2,(H,25,27). The second kappa shape index (κ2) is 8.41. The van der Waals surface area contributed by atoms with E-state index in [0.29, 0.717) is 10.6 Å². The molecule has 1 aliphatic rings. The SMILES string of the molecule is N#Cc1ccsc1NC(=O)COC(=O)c1ccc2c(c1)C(=O)N(c1ccc(F)cc1)C2=O. The third kappa shape index (κ3) is 3.84. The second-order valence-electron chi connectivity index (χ2n) is 6.58. The van der Waals surface area contributed by atoms with Gasteiger partial charge in [-0.15, -0.1) is 11.3 Å². The number of nitrogens with one attached hydrogen (secondary N) is 1. The third-order valence-corrected chi connectivity index (χ3v) is 5.41. The lowest BCUT2D eigenvalue weighted by Gasteiger charge is -2.13. The van der Waals surface area contributed by atoms with Crippen LogP contribution in [0.15, 0.2) is 53.9 Å². The molecule has 0 fully saturated rings. The Labute approximate surface area is 184 Å². The first kappa shape index (κ1) is 20.9. The summed E-state index contributed by atoms with van der Waals surface area (Å²) in [5.74, 6) is -3.27. The number of hydrogen-bond acceptors (Lipinski definition) is 7. The highest BCUT2D eigenvalue weighted by atomic mass is 32.1. The number of rotatable bonds is 5. The summed E-state index contributed by atoms with van der Waals surface area (Å²) < 4.78 is 18.1. The predicted octanol–water partition coefficient (Wildman–Crippen LogP) is 3.35. The van der Waals surface area contributed by atoms with Gasteiger partial charge in [-0.2, -0.15) is 5.26 Å². The maximum Gasteiger partial charge on any atom is 0.338 e. The van der Waals surface area contributed by atoms with Crippen LogP contribution in [0.25, 0.3) is 0 Å². The summed E-state index contributed by atoms with van der Waals surface area (Å²) in [5, 5.41) is 13.4. The third-order valence-electron chi connectivity index (χ3n) is 4.58. The minimum atomic E-state index is -0.866. The molecule has 4 rings (SSSR count). The van der Waals surface area contributed by atoms with Gasteiger partial charge in [0.2, 0.25) is 0 Å². The summed E-state index contributed by atoms with van der Waals surface area (Å²) in [6.45, 7) is -0.604. The highest BCUT2D eigenvalue weighted by Crippen LogP contribution is 2.29. The van der Waals surface area contributed by atoms with E-state index in [1.54, 1.807) is 11.4 Å². The van der Waals surface area contributed by atoms with Gasteiger partial charge in [-0.1, -0.05) is 0 Å². The van der Waals surface area contributed by atoms with E-state index in [0.717, 1.165) is 28.4 Å². The molecule has 0 saturated carbocycles. The maximum atomic E-state index is 13.2. The van der Waals surface area contributed by atoms with Crippen LogP contribution in [0.1, 0.15) is 36.6 Å². The van der Waals surface area contributed by atoms with Crippen molar-refractivity contribution in [2.75, 3.05) is 16.8 Å². The Balaban J connectivity index is 1.45. The molecule has 1 aromatic heterocycles. The predicted molar refractivity (Wildman–Crippen MR) is 112 cm³/mol. The molecular formula is C22H12FN3O5S. The molecule has 32 heavy (non-hydrogen) atoms. The van der Waals surface area contributed by atoms with Gasteiger partial charge in [0.1, 0.15) is 16.9 Å². The van der Waals surface area contributed by atoms with E-state index in [-0.39, 0.29) is 22.4 Å². The number of hydrogen-bond donors (Lipinski definition) is 1. The Morgan fingerprint density at radius 3 is 2.50 bits per heavy atom. The molecule has 3 aromatic rings. The molecule has 0 radical (unpaired) electrons. The van der Waals surface area contributed by atoms with Crippen molar-refractivity contribution in [3.8, 4) is 6.07 Å². The van der Waals surface area contributed by atoms with Crippen molar-refractivity contribution >= 4 is 45.7 Å². The normalized spacial score (nSPS) is 12.3. The minimum absolute atomic E-state index is 0.00419. The molecule has 2 aromatic carbocycles. The first-order valence-corrected chi connectivity index (χ1v) is 10.00. The number of nitrogens with zero attached hydrogens (tertiary/aromatic N) is 2. The summed E-state index contributed by atoms with van der Waals surface area (Å²) in [4.78, 5) is 50.6. The zero-order valence-corrected chi connectivity index (χ0v) is 16.9. The number of ether oxygens (including phenoxy) is 1. The van der Waals surface area contributed by atoms with Gasteiger partial charge in [-0.05, 0) is 53.9 Å².